The number of benzene rings is 1. The van der Waals surface area contributed by atoms with E-state index in [9.17, 15) is 4.79 Å². The summed E-state index contributed by atoms with van der Waals surface area (Å²) in [6, 6.07) is 5.26. The van der Waals surface area contributed by atoms with Gasteiger partial charge < -0.3 is 10.7 Å². The Morgan fingerprint density at radius 1 is 1.30 bits per heavy atom. The molecule has 8 heteroatoms. The third kappa shape index (κ3) is 2.13. The number of hydrogen-bond donors (Lipinski definition) is 2. The van der Waals surface area contributed by atoms with E-state index in [2.05, 4.69) is 15.0 Å². The average Bonchev–Trinajstić information content (AvgIpc) is 2.88. The summed E-state index contributed by atoms with van der Waals surface area (Å²) < 4.78 is 1.63. The Morgan fingerprint density at radius 3 is 2.85 bits per heavy atom. The van der Waals surface area contributed by atoms with Crippen molar-refractivity contribution >= 4 is 40.3 Å². The van der Waals surface area contributed by atoms with Gasteiger partial charge in [-0.15, -0.1) is 0 Å². The molecular weight excluding hydrogens is 301 g/mol. The first-order valence-electron chi connectivity index (χ1n) is 5.69. The standard InChI is InChI=1S/C12H9Cl2N5O/c13-7-2-1-6(3-8(7)14)4-19-10-9(16-5-17-10)11(20)18-12(19)15/h1-3,5H,4H2,(H,16,17)(H2,15,18,20). The van der Waals surface area contributed by atoms with Gasteiger partial charge in [-0.05, 0) is 17.7 Å². The quantitative estimate of drug-likeness (QED) is 0.758. The maximum atomic E-state index is 11.6. The molecule has 0 aliphatic rings. The van der Waals surface area contributed by atoms with E-state index in [4.69, 9.17) is 28.9 Å². The molecule has 0 radical (unpaired) electrons. The van der Waals surface area contributed by atoms with Crippen molar-refractivity contribution in [3.63, 3.8) is 0 Å². The minimum Gasteiger partial charge on any atom is -0.369 e. The third-order valence-electron chi connectivity index (χ3n) is 2.91. The summed E-state index contributed by atoms with van der Waals surface area (Å²) in [4.78, 5) is 22.3. The van der Waals surface area contributed by atoms with Gasteiger partial charge >= 0.3 is 5.56 Å². The minimum absolute atomic E-state index is 0.0978. The van der Waals surface area contributed by atoms with Crippen molar-refractivity contribution in [1.82, 2.24) is 19.5 Å². The molecule has 0 bridgehead atoms. The summed E-state index contributed by atoms with van der Waals surface area (Å²) in [5.41, 5.74) is 7.02. The lowest BCUT2D eigenvalue weighted by Gasteiger charge is -2.10. The predicted molar refractivity (Wildman–Crippen MR) is 78.1 cm³/mol. The van der Waals surface area contributed by atoms with Crippen LogP contribution in [0.5, 0.6) is 0 Å². The molecule has 6 nitrogen and oxygen atoms in total. The molecule has 2 aromatic heterocycles. The van der Waals surface area contributed by atoms with Crippen molar-refractivity contribution in [3.05, 3.63) is 50.5 Å². The molecule has 1 aromatic carbocycles. The molecule has 0 saturated heterocycles. The van der Waals surface area contributed by atoms with Crippen LogP contribution in [0, 0.1) is 0 Å². The maximum Gasteiger partial charge on any atom is 0.300 e. The zero-order valence-electron chi connectivity index (χ0n) is 10.1. The van der Waals surface area contributed by atoms with Crippen molar-refractivity contribution in [3.8, 4) is 0 Å². The molecule has 3 aromatic rings. The Balaban J connectivity index is 2.12. The van der Waals surface area contributed by atoms with E-state index in [1.54, 1.807) is 16.7 Å². The van der Waals surface area contributed by atoms with Crippen LogP contribution in [0.25, 0.3) is 11.2 Å². The van der Waals surface area contributed by atoms with Gasteiger partial charge in [0.15, 0.2) is 11.2 Å². The molecule has 3 N–H and O–H groups in total. The number of nitrogens with two attached hydrogens (primary N) is 1. The van der Waals surface area contributed by atoms with Gasteiger partial charge in [-0.2, -0.15) is 4.98 Å². The fourth-order valence-corrected chi connectivity index (χ4v) is 2.28. The largest absolute Gasteiger partial charge is 0.369 e. The van der Waals surface area contributed by atoms with Gasteiger partial charge in [0, 0.05) is 0 Å². The molecule has 0 amide bonds. The van der Waals surface area contributed by atoms with Gasteiger partial charge in [-0.3, -0.25) is 9.36 Å². The number of aromatic nitrogens is 4. The highest BCUT2D eigenvalue weighted by atomic mass is 35.5. The van der Waals surface area contributed by atoms with Crippen molar-refractivity contribution < 1.29 is 0 Å². The Kier molecular flexibility index (Phi) is 3.11. The van der Waals surface area contributed by atoms with E-state index < -0.39 is 5.56 Å². The highest BCUT2D eigenvalue weighted by molar-refractivity contribution is 6.42. The first-order valence-corrected chi connectivity index (χ1v) is 6.45. The zero-order valence-corrected chi connectivity index (χ0v) is 11.6. The highest BCUT2D eigenvalue weighted by Crippen LogP contribution is 2.23. The van der Waals surface area contributed by atoms with Crippen molar-refractivity contribution in [2.75, 3.05) is 5.73 Å². The van der Waals surface area contributed by atoms with Gasteiger partial charge in [-0.1, -0.05) is 29.3 Å². The first-order chi connectivity index (χ1) is 9.56. The molecule has 0 atom stereocenters. The normalized spacial score (nSPS) is 11.1. The molecule has 0 fully saturated rings. The number of halogens is 2. The lowest BCUT2D eigenvalue weighted by atomic mass is 10.2. The second kappa shape index (κ2) is 4.81. The molecule has 2 heterocycles. The van der Waals surface area contributed by atoms with Gasteiger partial charge in [-0.25, -0.2) is 4.98 Å². The Hall–Kier alpha value is -2.05. The van der Waals surface area contributed by atoms with Gasteiger partial charge in [0.1, 0.15) is 0 Å². The topological polar surface area (TPSA) is 89.6 Å². The van der Waals surface area contributed by atoms with Gasteiger partial charge in [0.25, 0.3) is 0 Å². The van der Waals surface area contributed by atoms with E-state index in [-0.39, 0.29) is 5.95 Å². The van der Waals surface area contributed by atoms with Crippen molar-refractivity contribution in [1.29, 1.82) is 0 Å². The van der Waals surface area contributed by atoms with Crippen LogP contribution in [-0.2, 0) is 6.54 Å². The van der Waals surface area contributed by atoms with E-state index in [0.717, 1.165) is 5.56 Å². The lowest BCUT2D eigenvalue weighted by Crippen LogP contribution is -2.18. The van der Waals surface area contributed by atoms with Crippen LogP contribution in [0.3, 0.4) is 0 Å². The van der Waals surface area contributed by atoms with Crippen molar-refractivity contribution in [2.24, 2.45) is 0 Å². The predicted octanol–water partition coefficient (Wildman–Crippen LogP) is 2.06. The SMILES string of the molecule is Nc1nc(=O)c2[nH]cnc2n1Cc1ccc(Cl)c(Cl)c1. The summed E-state index contributed by atoms with van der Waals surface area (Å²) >= 11 is 11.9. The molecule has 20 heavy (non-hydrogen) atoms. The zero-order chi connectivity index (χ0) is 14.3. The maximum absolute atomic E-state index is 11.6. The van der Waals surface area contributed by atoms with Crippen LogP contribution in [0.1, 0.15) is 5.56 Å². The molecule has 0 saturated carbocycles. The Labute approximate surface area is 123 Å². The number of nitrogens with one attached hydrogen (secondary N) is 1. The van der Waals surface area contributed by atoms with Crippen LogP contribution in [-0.4, -0.2) is 19.5 Å². The summed E-state index contributed by atoms with van der Waals surface area (Å²) in [5.74, 6) is 0.0978. The van der Waals surface area contributed by atoms with Crippen LogP contribution in [0.4, 0.5) is 5.95 Å². The number of imidazole rings is 1. The minimum atomic E-state index is -0.430. The number of rotatable bonds is 2. The number of nitrogens with zero attached hydrogens (tertiary/aromatic N) is 3. The van der Waals surface area contributed by atoms with Crippen molar-refractivity contribution in [2.45, 2.75) is 6.54 Å². The third-order valence-corrected chi connectivity index (χ3v) is 3.65. The summed E-state index contributed by atoms with van der Waals surface area (Å²) in [7, 11) is 0. The summed E-state index contributed by atoms with van der Waals surface area (Å²) in [6.07, 6.45) is 1.43. The monoisotopic (exact) mass is 309 g/mol. The van der Waals surface area contributed by atoms with E-state index in [1.165, 1.54) is 6.33 Å². The number of aromatic amines is 1. The fourth-order valence-electron chi connectivity index (χ4n) is 1.95. The first kappa shape index (κ1) is 13.0. The average molecular weight is 310 g/mol. The molecule has 0 unspecified atom stereocenters. The number of fused-ring (bicyclic) bond motifs is 1. The number of hydrogen-bond acceptors (Lipinski definition) is 4. The number of nitrogen functional groups attached to an aromatic ring is 1. The number of H-pyrrole nitrogens is 1. The molecule has 0 aliphatic heterocycles. The van der Waals surface area contributed by atoms with E-state index in [1.807, 2.05) is 6.07 Å². The molecule has 3 rings (SSSR count). The Bertz CT molecular complexity index is 855. The van der Waals surface area contributed by atoms with E-state index >= 15 is 0 Å². The van der Waals surface area contributed by atoms with Crippen LogP contribution in [0.15, 0.2) is 29.3 Å². The second-order valence-corrected chi connectivity index (χ2v) is 5.03. The van der Waals surface area contributed by atoms with Crippen LogP contribution >= 0.6 is 23.2 Å². The molecular formula is C12H9Cl2N5O. The number of anilines is 1. The second-order valence-electron chi connectivity index (χ2n) is 4.21. The smallest absolute Gasteiger partial charge is 0.300 e. The lowest BCUT2D eigenvalue weighted by molar-refractivity contribution is 0.805. The molecule has 0 aliphatic carbocycles. The highest BCUT2D eigenvalue weighted by Gasteiger charge is 2.11. The van der Waals surface area contributed by atoms with Crippen LogP contribution < -0.4 is 11.3 Å². The Morgan fingerprint density at radius 2 is 2.10 bits per heavy atom. The molecule has 102 valence electrons. The van der Waals surface area contributed by atoms with Crippen LogP contribution in [0.2, 0.25) is 10.0 Å². The van der Waals surface area contributed by atoms with E-state index in [0.29, 0.717) is 27.8 Å². The van der Waals surface area contributed by atoms with Gasteiger partial charge in [0.05, 0.1) is 22.9 Å². The summed E-state index contributed by atoms with van der Waals surface area (Å²) in [6.45, 7) is 0.386. The summed E-state index contributed by atoms with van der Waals surface area (Å²) in [5, 5.41) is 0.932. The van der Waals surface area contributed by atoms with Gasteiger partial charge in [0.2, 0.25) is 5.95 Å². The fraction of sp³-hybridized carbons (Fsp3) is 0.0833. The molecule has 0 spiro atoms.